The maximum Gasteiger partial charge on any atom is 0.245 e. The highest BCUT2D eigenvalue weighted by atomic mass is 28.5. The van der Waals surface area contributed by atoms with Crippen molar-refractivity contribution >= 4 is 75.6 Å². The third-order valence-corrected chi connectivity index (χ3v) is 79.1. The zero-order valence-corrected chi connectivity index (χ0v) is 70.9. The smallest absolute Gasteiger partial charge is 0.245 e. The van der Waals surface area contributed by atoms with E-state index < -0.39 is 75.6 Å². The number of rotatable bonds is 43. The molecule has 0 saturated carbocycles. The first-order valence-corrected chi connectivity index (χ1v) is 57.4. The molecule has 0 bridgehead atoms. The Labute approximate surface area is 527 Å². The lowest BCUT2D eigenvalue weighted by Crippen LogP contribution is -2.85. The van der Waals surface area contributed by atoms with Crippen LogP contribution in [0.3, 0.4) is 0 Å². The highest BCUT2D eigenvalue weighted by Crippen LogP contribution is 2.40. The van der Waals surface area contributed by atoms with Gasteiger partial charge in [-0.3, -0.25) is 0 Å². The van der Waals surface area contributed by atoms with Crippen molar-refractivity contribution < 1.29 is 0 Å². The van der Waals surface area contributed by atoms with Crippen molar-refractivity contribution in [3.63, 3.8) is 0 Å². The summed E-state index contributed by atoms with van der Waals surface area (Å²) in [6.45, 7) is 116. The van der Waals surface area contributed by atoms with Gasteiger partial charge in [-0.2, -0.15) is 0 Å². The third-order valence-electron chi connectivity index (χ3n) is 20.3. The predicted molar refractivity (Wildman–Crippen MR) is 400 cm³/mol. The molecule has 82 heavy (non-hydrogen) atoms. The quantitative estimate of drug-likeness (QED) is 0.0546. The molecule has 2 unspecified atom stereocenters. The average molecular weight is 1300 g/mol. The van der Waals surface area contributed by atoms with Gasteiger partial charge in [0.25, 0.3) is 0 Å². The molecule has 2 atom stereocenters. The molecule has 0 aliphatic carbocycles. The summed E-state index contributed by atoms with van der Waals surface area (Å²) >= 11 is 0. The summed E-state index contributed by atoms with van der Waals surface area (Å²) in [4.78, 5) is 0. The van der Waals surface area contributed by atoms with Crippen LogP contribution in [0.4, 0.5) is 0 Å². The Morgan fingerprint density at radius 2 is 0.463 bits per heavy atom. The molecule has 0 saturated heterocycles. The molecule has 0 aliphatic rings. The molecule has 0 rings (SSSR count). The zero-order valence-electron chi connectivity index (χ0n) is 61.9. The van der Waals surface area contributed by atoms with E-state index in [9.17, 15) is 0 Å². The lowest BCUT2D eigenvalue weighted by Gasteiger charge is -2.63. The third kappa shape index (κ3) is 18.5. The van der Waals surface area contributed by atoms with Crippen LogP contribution in [0.25, 0.3) is 0 Å². The van der Waals surface area contributed by atoms with Gasteiger partial charge in [-0.15, -0.1) is 26.3 Å². The summed E-state index contributed by atoms with van der Waals surface area (Å²) in [7, 11) is -17.4. The molecule has 21 heteroatoms. The average Bonchev–Trinajstić information content (AvgIpc) is 3.44. The minimum Gasteiger partial charge on any atom is -0.332 e. The van der Waals surface area contributed by atoms with Crippen molar-refractivity contribution in [1.29, 1.82) is 0 Å². The monoisotopic (exact) mass is 1300 g/mol. The van der Waals surface area contributed by atoms with Crippen molar-refractivity contribution in [2.24, 2.45) is 0 Å². The maximum atomic E-state index is 4.48. The number of hydrogen-bond acceptors (Lipinski definition) is 12. The van der Waals surface area contributed by atoms with Gasteiger partial charge in [-0.1, -0.05) is 168 Å². The normalized spacial score (nSPS) is 15.1. The topological polar surface area (TPSA) is 38.9 Å². The van der Waals surface area contributed by atoms with Crippen LogP contribution < -0.4 is 0 Å². The second-order valence-electron chi connectivity index (χ2n) is 24.6. The van der Waals surface area contributed by atoms with Crippen molar-refractivity contribution in [1.82, 2.24) is 52.8 Å². The fourth-order valence-electron chi connectivity index (χ4n) is 16.6. The fourth-order valence-corrected chi connectivity index (χ4v) is 86.7. The van der Waals surface area contributed by atoms with Gasteiger partial charge in [0.2, 0.25) is 25.2 Å². The van der Waals surface area contributed by atoms with E-state index in [4.69, 9.17) is 0 Å². The van der Waals surface area contributed by atoms with E-state index in [2.05, 4.69) is 319 Å². The Balaban J connectivity index is -0.00000114. The van der Waals surface area contributed by atoms with Gasteiger partial charge >= 0.3 is 0 Å². The predicted octanol–water partition coefficient (Wildman–Crippen LogP) is 14.8. The first-order chi connectivity index (χ1) is 38.2. The molecule has 0 N–H and O–H groups in total. The Hall–Kier alpha value is 0.432. The van der Waals surface area contributed by atoms with Crippen LogP contribution in [0.5, 0.6) is 0 Å². The van der Waals surface area contributed by atoms with E-state index in [-0.39, 0.29) is 0 Å². The highest BCUT2D eigenvalue weighted by Gasteiger charge is 2.61. The van der Waals surface area contributed by atoms with Gasteiger partial charge < -0.3 is 52.8 Å². The van der Waals surface area contributed by atoms with E-state index in [1.54, 1.807) is 0 Å². The largest absolute Gasteiger partial charge is 0.332 e. The molecular formula is C61H150N12Si9. The van der Waals surface area contributed by atoms with E-state index in [0.29, 0.717) is 0 Å². The van der Waals surface area contributed by atoms with Gasteiger partial charge in [0.05, 0.1) is 0 Å². The first-order valence-electron chi connectivity index (χ1n) is 33.9. The Morgan fingerprint density at radius 3 is 0.646 bits per heavy atom. The molecule has 0 heterocycles. The Bertz CT molecular complexity index is 1670. The van der Waals surface area contributed by atoms with Crippen LogP contribution >= 0.6 is 0 Å². The molecule has 12 nitrogen and oxygen atoms in total. The van der Waals surface area contributed by atoms with Gasteiger partial charge in [-0.05, 0) is 208 Å². The highest BCUT2D eigenvalue weighted by molar-refractivity contribution is 7.08. The van der Waals surface area contributed by atoms with E-state index >= 15 is 0 Å². The van der Waals surface area contributed by atoms with Gasteiger partial charge in [0, 0.05) is 0 Å². The molecule has 490 valence electrons. The van der Waals surface area contributed by atoms with Gasteiger partial charge in [0.15, 0.2) is 50.4 Å². The molecule has 0 aromatic rings. The minimum absolute atomic E-state index is 1.02. The maximum absolute atomic E-state index is 4.48. The molecule has 0 amide bonds. The summed E-state index contributed by atoms with van der Waals surface area (Å²) in [6, 6.07) is 3.80. The van der Waals surface area contributed by atoms with Crippen LogP contribution in [-0.4, -0.2) is 246 Å². The van der Waals surface area contributed by atoms with Gasteiger partial charge in [-0.25, -0.2) is 0 Å². The SMILES string of the molecule is C=C[Si](C)(N(CC)CC)N([Si](C)(C)N(CC)CC)[Si](C)(C)N(CC)CC.C=C[Si](C=C)(N(CC)CC)N([Si](C)(C)N(CC)CC)[Si](C=C)(CC)N(CC)CC.CCN(CC)[Si](C)(C)N([Si](C)(C)N(CC)CC)[Si](CC)(CC)N(CC)CC. The minimum atomic E-state index is -2.34. The van der Waals surface area contributed by atoms with Crippen molar-refractivity contribution in [3.05, 3.63) is 49.1 Å². The van der Waals surface area contributed by atoms with E-state index in [0.717, 1.165) is 84.6 Å². The summed E-state index contributed by atoms with van der Waals surface area (Å²) in [5, 5.41) is 0. The summed E-state index contributed by atoms with van der Waals surface area (Å²) < 4.78 is 34.4. The summed E-state index contributed by atoms with van der Waals surface area (Å²) in [5.74, 6) is 0. The van der Waals surface area contributed by atoms with Crippen molar-refractivity contribution in [2.75, 3.05) is 118 Å². The molecule has 0 fully saturated rings. The molecule has 0 aliphatic heterocycles. The zero-order chi connectivity index (χ0) is 65.1. The van der Waals surface area contributed by atoms with Crippen LogP contribution in [0, 0.1) is 0 Å². The van der Waals surface area contributed by atoms with E-state index in [1.165, 1.54) is 51.4 Å². The number of nitrogens with zero attached hydrogens (tertiary/aromatic N) is 12. The second kappa shape index (κ2) is 39.5. The second-order valence-corrected chi connectivity index (χ2v) is 64.6. The lowest BCUT2D eigenvalue weighted by molar-refractivity contribution is 0.375. The van der Waals surface area contributed by atoms with Crippen molar-refractivity contribution in [2.45, 2.75) is 236 Å². The molecular weight excluding hydrogens is 1150 g/mol. The van der Waals surface area contributed by atoms with Gasteiger partial charge in [0.1, 0.15) is 0 Å². The molecule has 0 spiro atoms. The van der Waals surface area contributed by atoms with Crippen molar-refractivity contribution in [3.8, 4) is 0 Å². The van der Waals surface area contributed by atoms with E-state index in [1.807, 2.05) is 0 Å². The van der Waals surface area contributed by atoms with Crippen LogP contribution in [0.15, 0.2) is 49.1 Å². The fraction of sp³-hybridized carbons (Fsp3) is 0.869. The number of hydrogen-bond donors (Lipinski definition) is 0. The summed E-state index contributed by atoms with van der Waals surface area (Å²) in [6.07, 6.45) is 0. The molecule has 0 aromatic carbocycles. The Kier molecular flexibility index (Phi) is 41.8. The summed E-state index contributed by atoms with van der Waals surface area (Å²) in [5.41, 5.74) is 9.29. The lowest BCUT2D eigenvalue weighted by atomic mass is 10.7. The van der Waals surface area contributed by atoms with Crippen LogP contribution in [-0.2, 0) is 0 Å². The first kappa shape index (κ1) is 86.6. The van der Waals surface area contributed by atoms with Crippen LogP contribution in [0.1, 0.15) is 145 Å². The molecule has 0 aromatic heterocycles. The Morgan fingerprint density at radius 1 is 0.232 bits per heavy atom. The standard InChI is InChI=1S/C22H50N4Si3.C20H52N4Si3.C19H48N4Si3/c1-13-23(14-2)27(11,12)26(28(19-7,20-8)24(15-3)16-4)29(21-9,22-10)25(17-5)18-6;1-13-21(14-2)25(9,10)24(26(11,12)22(15-3)16-4)27(19-7,20-8)23(17-5)18-6;1-13-20(14-2)24(8,9)23(25(10,11)21(15-3)16-4)26(12,19-7)22(17-5)18-6/h19-21H,7-9,13-18,22H2,1-6,10-12H3;13-20H2,1-12H3;19H,7,13-18H2,1-6,8-12H3. The van der Waals surface area contributed by atoms with Crippen LogP contribution in [0.2, 0.25) is 90.1 Å². The molecule has 0 radical (unpaired) electrons.